The summed E-state index contributed by atoms with van der Waals surface area (Å²) in [6.07, 6.45) is 1.56. The molecule has 168 valence electrons. The Labute approximate surface area is 198 Å². The summed E-state index contributed by atoms with van der Waals surface area (Å²) >= 11 is 5.24. The van der Waals surface area contributed by atoms with Crippen molar-refractivity contribution in [2.75, 3.05) is 11.9 Å². The van der Waals surface area contributed by atoms with Crippen LogP contribution in [0.15, 0.2) is 71.1 Å². The molecular weight excluding hydrogens is 434 g/mol. The van der Waals surface area contributed by atoms with Crippen molar-refractivity contribution in [1.82, 2.24) is 10.3 Å². The first kappa shape index (κ1) is 22.5. The predicted octanol–water partition coefficient (Wildman–Crippen LogP) is 5.18. The van der Waals surface area contributed by atoms with E-state index in [0.717, 1.165) is 34.3 Å². The average molecular weight is 460 g/mol. The zero-order valence-electron chi connectivity index (χ0n) is 18.6. The van der Waals surface area contributed by atoms with E-state index >= 15 is 0 Å². The third-order valence-corrected chi connectivity index (χ3v) is 5.38. The SMILES string of the molecule is CCc1ccc2oc(Cc3ccc(NC(=S)NC(=O)COc4ccccc4C)cc3)nc2c1. The van der Waals surface area contributed by atoms with E-state index in [1.165, 1.54) is 5.56 Å². The molecule has 0 spiro atoms. The molecule has 4 aromatic rings. The monoisotopic (exact) mass is 459 g/mol. The van der Waals surface area contributed by atoms with Crippen molar-refractivity contribution >= 4 is 40.0 Å². The Kier molecular flexibility index (Phi) is 7.00. The molecule has 3 aromatic carbocycles. The van der Waals surface area contributed by atoms with Gasteiger partial charge in [0.1, 0.15) is 11.3 Å². The first-order valence-corrected chi connectivity index (χ1v) is 11.2. The lowest BCUT2D eigenvalue weighted by Crippen LogP contribution is -2.37. The van der Waals surface area contributed by atoms with Gasteiger partial charge in [-0.25, -0.2) is 4.98 Å². The lowest BCUT2D eigenvalue weighted by molar-refractivity contribution is -0.121. The van der Waals surface area contributed by atoms with E-state index in [0.29, 0.717) is 18.1 Å². The second-order valence-corrected chi connectivity index (χ2v) is 8.10. The molecule has 1 heterocycles. The highest BCUT2D eigenvalue weighted by molar-refractivity contribution is 7.80. The van der Waals surface area contributed by atoms with Gasteiger partial charge in [0.2, 0.25) is 0 Å². The van der Waals surface area contributed by atoms with E-state index in [-0.39, 0.29) is 17.6 Å². The normalized spacial score (nSPS) is 10.7. The third kappa shape index (κ3) is 5.96. The van der Waals surface area contributed by atoms with Gasteiger partial charge in [0.15, 0.2) is 23.2 Å². The standard InChI is InChI=1S/C26H25N3O3S/c1-3-18-10-13-23-21(14-18)28-25(32-23)15-19-8-11-20(12-9-19)27-26(33)29-24(30)16-31-22-7-5-4-6-17(22)2/h4-14H,3,15-16H2,1-2H3,(H2,27,29,30,33). The number of nitrogens with zero attached hydrogens (tertiary/aromatic N) is 1. The maximum atomic E-state index is 12.1. The van der Waals surface area contributed by atoms with Gasteiger partial charge in [0.25, 0.3) is 5.91 Å². The Morgan fingerprint density at radius 3 is 2.58 bits per heavy atom. The summed E-state index contributed by atoms with van der Waals surface area (Å²) in [5, 5.41) is 5.86. The Balaban J connectivity index is 1.28. The zero-order chi connectivity index (χ0) is 23.2. The van der Waals surface area contributed by atoms with Crippen LogP contribution in [0.4, 0.5) is 5.69 Å². The van der Waals surface area contributed by atoms with Gasteiger partial charge in [-0.2, -0.15) is 0 Å². The highest BCUT2D eigenvalue weighted by atomic mass is 32.1. The van der Waals surface area contributed by atoms with E-state index in [9.17, 15) is 4.79 Å². The van der Waals surface area contributed by atoms with Crippen LogP contribution >= 0.6 is 12.2 Å². The number of fused-ring (bicyclic) bond motifs is 1. The Bertz CT molecular complexity index is 1280. The number of amides is 1. The summed E-state index contributed by atoms with van der Waals surface area (Å²) in [6.45, 7) is 3.93. The van der Waals surface area contributed by atoms with E-state index in [4.69, 9.17) is 21.4 Å². The molecule has 0 aliphatic heterocycles. The number of anilines is 1. The number of hydrogen-bond acceptors (Lipinski definition) is 5. The lowest BCUT2D eigenvalue weighted by Gasteiger charge is -2.11. The minimum Gasteiger partial charge on any atom is -0.483 e. The van der Waals surface area contributed by atoms with Gasteiger partial charge in [0.05, 0.1) is 0 Å². The Morgan fingerprint density at radius 2 is 1.82 bits per heavy atom. The van der Waals surface area contributed by atoms with E-state index in [1.807, 2.05) is 61.5 Å². The zero-order valence-corrected chi connectivity index (χ0v) is 19.4. The number of rotatable bonds is 7. The molecule has 6 nitrogen and oxygen atoms in total. The number of para-hydroxylation sites is 1. The van der Waals surface area contributed by atoms with Crippen LogP contribution in [0.5, 0.6) is 5.75 Å². The largest absolute Gasteiger partial charge is 0.483 e. The van der Waals surface area contributed by atoms with Gasteiger partial charge in [-0.15, -0.1) is 0 Å². The van der Waals surface area contributed by atoms with Crippen molar-refractivity contribution in [1.29, 1.82) is 0 Å². The minimum absolute atomic E-state index is 0.115. The van der Waals surface area contributed by atoms with Crippen LogP contribution in [0.3, 0.4) is 0 Å². The molecule has 0 unspecified atom stereocenters. The number of benzene rings is 3. The van der Waals surface area contributed by atoms with Crippen LogP contribution in [-0.2, 0) is 17.6 Å². The fraction of sp³-hybridized carbons (Fsp3) is 0.192. The molecule has 0 radical (unpaired) electrons. The van der Waals surface area contributed by atoms with Crippen molar-refractivity contribution in [3.05, 3.63) is 89.3 Å². The molecule has 7 heteroatoms. The van der Waals surface area contributed by atoms with Crippen LogP contribution in [0.2, 0.25) is 0 Å². The molecule has 2 N–H and O–H groups in total. The summed E-state index contributed by atoms with van der Waals surface area (Å²) in [7, 11) is 0. The summed E-state index contributed by atoms with van der Waals surface area (Å²) in [5.41, 5.74) is 5.72. The van der Waals surface area contributed by atoms with Crippen molar-refractivity contribution in [2.24, 2.45) is 0 Å². The fourth-order valence-electron chi connectivity index (χ4n) is 3.38. The van der Waals surface area contributed by atoms with Gasteiger partial charge < -0.3 is 14.5 Å². The fourth-order valence-corrected chi connectivity index (χ4v) is 3.62. The van der Waals surface area contributed by atoms with Crippen LogP contribution in [-0.4, -0.2) is 22.6 Å². The molecule has 4 rings (SSSR count). The molecule has 1 aromatic heterocycles. The summed E-state index contributed by atoms with van der Waals surface area (Å²) in [5.74, 6) is 1.02. The number of oxazole rings is 1. The molecule has 33 heavy (non-hydrogen) atoms. The van der Waals surface area contributed by atoms with E-state index in [1.54, 1.807) is 0 Å². The highest BCUT2D eigenvalue weighted by Crippen LogP contribution is 2.20. The summed E-state index contributed by atoms with van der Waals surface area (Å²) < 4.78 is 11.4. The Morgan fingerprint density at radius 1 is 1.06 bits per heavy atom. The molecule has 0 bridgehead atoms. The van der Waals surface area contributed by atoms with Gasteiger partial charge in [-0.05, 0) is 72.6 Å². The number of ether oxygens (including phenoxy) is 1. The van der Waals surface area contributed by atoms with Crippen molar-refractivity contribution < 1.29 is 13.9 Å². The minimum atomic E-state index is -0.324. The molecule has 0 saturated carbocycles. The molecule has 0 aliphatic rings. The third-order valence-electron chi connectivity index (χ3n) is 5.18. The molecule has 0 fully saturated rings. The number of nitrogens with one attached hydrogen (secondary N) is 2. The first-order chi connectivity index (χ1) is 16.0. The number of thiocarbonyl (C=S) groups is 1. The maximum Gasteiger partial charge on any atom is 0.264 e. The quantitative estimate of drug-likeness (QED) is 0.371. The van der Waals surface area contributed by atoms with Gasteiger partial charge in [-0.3, -0.25) is 10.1 Å². The highest BCUT2D eigenvalue weighted by Gasteiger charge is 2.09. The van der Waals surface area contributed by atoms with Crippen molar-refractivity contribution in [2.45, 2.75) is 26.7 Å². The summed E-state index contributed by atoms with van der Waals surface area (Å²) in [4.78, 5) is 16.7. The maximum absolute atomic E-state index is 12.1. The van der Waals surface area contributed by atoms with E-state index in [2.05, 4.69) is 34.7 Å². The van der Waals surface area contributed by atoms with Crippen LogP contribution in [0, 0.1) is 6.92 Å². The van der Waals surface area contributed by atoms with Gasteiger partial charge in [0, 0.05) is 12.1 Å². The predicted molar refractivity (Wildman–Crippen MR) is 134 cm³/mol. The smallest absolute Gasteiger partial charge is 0.264 e. The molecule has 1 amide bonds. The lowest BCUT2D eigenvalue weighted by atomic mass is 10.1. The molecule has 0 aliphatic carbocycles. The average Bonchev–Trinajstić information content (AvgIpc) is 3.21. The van der Waals surface area contributed by atoms with Gasteiger partial charge >= 0.3 is 0 Å². The number of carbonyl (C=O) groups is 1. The molecule has 0 saturated heterocycles. The van der Waals surface area contributed by atoms with Crippen LogP contribution < -0.4 is 15.4 Å². The van der Waals surface area contributed by atoms with Crippen molar-refractivity contribution in [3.63, 3.8) is 0 Å². The number of hydrogen-bond donors (Lipinski definition) is 2. The number of aromatic nitrogens is 1. The summed E-state index contributed by atoms with van der Waals surface area (Å²) in [6, 6.07) is 21.4. The Hall–Kier alpha value is -3.71. The van der Waals surface area contributed by atoms with Gasteiger partial charge in [-0.1, -0.05) is 43.3 Å². The second-order valence-electron chi connectivity index (χ2n) is 7.69. The topological polar surface area (TPSA) is 76.4 Å². The number of aryl methyl sites for hydroxylation is 2. The van der Waals surface area contributed by atoms with Crippen molar-refractivity contribution in [3.8, 4) is 5.75 Å². The van der Waals surface area contributed by atoms with Crippen LogP contribution in [0.25, 0.3) is 11.1 Å². The number of carbonyl (C=O) groups excluding carboxylic acids is 1. The molecular formula is C26H25N3O3S. The van der Waals surface area contributed by atoms with Crippen LogP contribution in [0.1, 0.15) is 29.5 Å². The second kappa shape index (κ2) is 10.3. The first-order valence-electron chi connectivity index (χ1n) is 10.8. The molecule has 0 atom stereocenters. The van der Waals surface area contributed by atoms with E-state index < -0.39 is 0 Å².